The van der Waals surface area contributed by atoms with Crippen molar-refractivity contribution in [3.05, 3.63) is 24.0 Å². The first-order valence-corrected chi connectivity index (χ1v) is 6.10. The predicted octanol–water partition coefficient (Wildman–Crippen LogP) is 2.04. The number of nitrogens with one attached hydrogen (secondary N) is 1. The highest BCUT2D eigenvalue weighted by molar-refractivity contribution is 7.97. The summed E-state index contributed by atoms with van der Waals surface area (Å²) in [4.78, 5) is 0.839. The van der Waals surface area contributed by atoms with Crippen LogP contribution in [0.4, 0.5) is 10.1 Å². The number of nitrogens with two attached hydrogens (primary N) is 1. The molecule has 3 nitrogen and oxygen atoms in total. The third kappa shape index (κ3) is 3.10. The third-order valence-electron chi connectivity index (χ3n) is 2.56. The number of rotatable bonds is 4. The summed E-state index contributed by atoms with van der Waals surface area (Å²) in [5, 5.41) is 0. The first-order chi connectivity index (χ1) is 7.75. The molecule has 1 aromatic carbocycles. The Labute approximate surface area is 98.7 Å². The zero-order valence-corrected chi connectivity index (χ0v) is 9.73. The van der Waals surface area contributed by atoms with Crippen molar-refractivity contribution in [3.63, 3.8) is 0 Å². The summed E-state index contributed by atoms with van der Waals surface area (Å²) >= 11 is 1.43. The first kappa shape index (κ1) is 11.7. The minimum Gasteiger partial charge on any atom is -0.396 e. The summed E-state index contributed by atoms with van der Waals surface area (Å²) in [6, 6.07) is 4.83. The van der Waals surface area contributed by atoms with Gasteiger partial charge >= 0.3 is 0 Å². The summed E-state index contributed by atoms with van der Waals surface area (Å²) in [6.45, 7) is 2.56. The molecule has 1 fully saturated rings. The number of hydrogen-bond acceptors (Lipinski definition) is 4. The highest BCUT2D eigenvalue weighted by atomic mass is 32.2. The van der Waals surface area contributed by atoms with Crippen LogP contribution < -0.4 is 10.5 Å². The maximum atomic E-state index is 13.1. The number of halogens is 1. The molecule has 0 saturated carbocycles. The fraction of sp³-hybridized carbons (Fsp3) is 0.455. The second-order valence-electron chi connectivity index (χ2n) is 3.86. The van der Waals surface area contributed by atoms with Gasteiger partial charge in [-0.1, -0.05) is 0 Å². The Morgan fingerprint density at radius 3 is 3.12 bits per heavy atom. The molecule has 1 atom stereocenters. The standard InChI is InChI=1S/C11H15FN2OS/c12-10-5-9(1-2-11(10)13)16-14-6-8-3-4-15-7-8/h1-2,5,8,14H,3-4,6-7,13H2. The summed E-state index contributed by atoms with van der Waals surface area (Å²) in [6.07, 6.45) is 1.10. The molecular formula is C11H15FN2OS. The Kier molecular flexibility index (Phi) is 4.04. The molecule has 88 valence electrons. The van der Waals surface area contributed by atoms with E-state index in [4.69, 9.17) is 10.5 Å². The summed E-state index contributed by atoms with van der Waals surface area (Å²) in [7, 11) is 0. The van der Waals surface area contributed by atoms with Gasteiger partial charge in [0.2, 0.25) is 0 Å². The van der Waals surface area contributed by atoms with Crippen LogP contribution in [-0.4, -0.2) is 19.8 Å². The van der Waals surface area contributed by atoms with E-state index >= 15 is 0 Å². The van der Waals surface area contributed by atoms with E-state index in [0.29, 0.717) is 5.92 Å². The van der Waals surface area contributed by atoms with Gasteiger partial charge in [0.15, 0.2) is 0 Å². The molecule has 1 aliphatic heterocycles. The number of nitrogen functional groups attached to an aromatic ring is 1. The van der Waals surface area contributed by atoms with Crippen LogP contribution >= 0.6 is 11.9 Å². The monoisotopic (exact) mass is 242 g/mol. The Balaban J connectivity index is 1.78. The lowest BCUT2D eigenvalue weighted by molar-refractivity contribution is 0.186. The second kappa shape index (κ2) is 5.52. The molecule has 0 amide bonds. The molecule has 1 saturated heterocycles. The van der Waals surface area contributed by atoms with Gasteiger partial charge < -0.3 is 10.5 Å². The maximum absolute atomic E-state index is 13.1. The Morgan fingerprint density at radius 2 is 2.44 bits per heavy atom. The third-order valence-corrected chi connectivity index (χ3v) is 3.36. The summed E-state index contributed by atoms with van der Waals surface area (Å²) in [5.41, 5.74) is 5.58. The quantitative estimate of drug-likeness (QED) is 0.626. The topological polar surface area (TPSA) is 47.3 Å². The Bertz CT molecular complexity index is 356. The van der Waals surface area contributed by atoms with Crippen LogP contribution in [0.2, 0.25) is 0 Å². The first-order valence-electron chi connectivity index (χ1n) is 5.28. The van der Waals surface area contributed by atoms with E-state index in [1.165, 1.54) is 18.0 Å². The molecule has 2 rings (SSSR count). The van der Waals surface area contributed by atoms with Crippen LogP contribution in [0.15, 0.2) is 23.1 Å². The lowest BCUT2D eigenvalue weighted by atomic mass is 10.1. The fourth-order valence-corrected chi connectivity index (χ4v) is 2.34. The van der Waals surface area contributed by atoms with Gasteiger partial charge in [-0.15, -0.1) is 0 Å². The molecule has 16 heavy (non-hydrogen) atoms. The van der Waals surface area contributed by atoms with Gasteiger partial charge in [-0.05, 0) is 42.5 Å². The molecule has 1 aromatic rings. The van der Waals surface area contributed by atoms with E-state index in [0.717, 1.165) is 31.1 Å². The van der Waals surface area contributed by atoms with E-state index < -0.39 is 0 Å². The summed E-state index contributed by atoms with van der Waals surface area (Å²) < 4.78 is 21.6. The van der Waals surface area contributed by atoms with Crippen molar-refractivity contribution >= 4 is 17.6 Å². The van der Waals surface area contributed by atoms with E-state index in [9.17, 15) is 4.39 Å². The highest BCUT2D eigenvalue weighted by Gasteiger charge is 2.14. The molecule has 1 unspecified atom stereocenters. The lowest BCUT2D eigenvalue weighted by Crippen LogP contribution is -2.16. The number of hydrogen-bond donors (Lipinski definition) is 2. The van der Waals surface area contributed by atoms with Gasteiger partial charge in [-0.2, -0.15) is 0 Å². The largest absolute Gasteiger partial charge is 0.396 e. The van der Waals surface area contributed by atoms with E-state index in [1.807, 2.05) is 0 Å². The maximum Gasteiger partial charge on any atom is 0.147 e. The number of ether oxygens (including phenoxy) is 1. The molecular weight excluding hydrogens is 227 g/mol. The van der Waals surface area contributed by atoms with Crippen molar-refractivity contribution in [1.29, 1.82) is 0 Å². The minimum atomic E-state index is -0.365. The van der Waals surface area contributed by atoms with Crippen LogP contribution in [0.1, 0.15) is 6.42 Å². The van der Waals surface area contributed by atoms with Crippen molar-refractivity contribution in [2.45, 2.75) is 11.3 Å². The van der Waals surface area contributed by atoms with Crippen molar-refractivity contribution in [2.24, 2.45) is 5.92 Å². The average Bonchev–Trinajstić information content (AvgIpc) is 2.76. The van der Waals surface area contributed by atoms with Crippen molar-refractivity contribution in [1.82, 2.24) is 4.72 Å². The minimum absolute atomic E-state index is 0.188. The molecule has 0 radical (unpaired) electrons. The summed E-state index contributed by atoms with van der Waals surface area (Å²) in [5.74, 6) is 0.210. The van der Waals surface area contributed by atoms with Crippen LogP contribution in [-0.2, 0) is 4.74 Å². The van der Waals surface area contributed by atoms with Gasteiger partial charge in [0.1, 0.15) is 5.82 Å². The number of benzene rings is 1. The molecule has 0 spiro atoms. The van der Waals surface area contributed by atoms with E-state index in [1.54, 1.807) is 12.1 Å². The highest BCUT2D eigenvalue weighted by Crippen LogP contribution is 2.20. The zero-order chi connectivity index (χ0) is 11.4. The average molecular weight is 242 g/mol. The van der Waals surface area contributed by atoms with E-state index in [2.05, 4.69) is 4.72 Å². The van der Waals surface area contributed by atoms with Gasteiger partial charge in [0.25, 0.3) is 0 Å². The van der Waals surface area contributed by atoms with Crippen molar-refractivity contribution < 1.29 is 9.13 Å². The molecule has 1 heterocycles. The predicted molar refractivity (Wildman–Crippen MR) is 63.6 cm³/mol. The molecule has 5 heteroatoms. The zero-order valence-electron chi connectivity index (χ0n) is 8.91. The van der Waals surface area contributed by atoms with Gasteiger partial charge in [-0.25, -0.2) is 4.39 Å². The molecule has 1 aliphatic rings. The van der Waals surface area contributed by atoms with Crippen molar-refractivity contribution in [3.8, 4) is 0 Å². The Morgan fingerprint density at radius 1 is 1.56 bits per heavy atom. The Hall–Kier alpha value is -0.780. The van der Waals surface area contributed by atoms with Crippen LogP contribution in [0.3, 0.4) is 0 Å². The second-order valence-corrected chi connectivity index (χ2v) is 4.83. The molecule has 3 N–H and O–H groups in total. The van der Waals surface area contributed by atoms with Crippen LogP contribution in [0.25, 0.3) is 0 Å². The van der Waals surface area contributed by atoms with Crippen molar-refractivity contribution in [2.75, 3.05) is 25.5 Å². The normalized spacial score (nSPS) is 20.2. The van der Waals surface area contributed by atoms with Crippen LogP contribution in [0, 0.1) is 11.7 Å². The smallest absolute Gasteiger partial charge is 0.147 e. The molecule has 0 aromatic heterocycles. The van der Waals surface area contributed by atoms with E-state index in [-0.39, 0.29) is 11.5 Å². The fourth-order valence-electron chi connectivity index (χ4n) is 1.56. The van der Waals surface area contributed by atoms with Crippen LogP contribution in [0.5, 0.6) is 0 Å². The van der Waals surface area contributed by atoms with Gasteiger partial charge in [-0.3, -0.25) is 4.72 Å². The SMILES string of the molecule is Nc1ccc(SNCC2CCOC2)cc1F. The van der Waals surface area contributed by atoms with Gasteiger partial charge in [0, 0.05) is 18.0 Å². The molecule has 0 bridgehead atoms. The lowest BCUT2D eigenvalue weighted by Gasteiger charge is -2.08. The number of anilines is 1. The molecule has 0 aliphatic carbocycles. The van der Waals surface area contributed by atoms with Gasteiger partial charge in [0.05, 0.1) is 12.3 Å².